The number of likely N-dealkylation sites (tertiary alicyclic amines) is 1. The summed E-state index contributed by atoms with van der Waals surface area (Å²) < 4.78 is 18.7. The molecule has 0 bridgehead atoms. The molecule has 134 valence electrons. The molecule has 1 atom stereocenters. The average molecular weight is 345 g/mol. The number of nitrogens with zero attached hydrogens (tertiary/aromatic N) is 3. The summed E-state index contributed by atoms with van der Waals surface area (Å²) in [4.78, 5) is 18.9. The lowest BCUT2D eigenvalue weighted by Crippen LogP contribution is -2.44. The summed E-state index contributed by atoms with van der Waals surface area (Å²) in [5.41, 5.74) is 0.416. The fraction of sp³-hybridized carbons (Fsp3) is 0.526. The van der Waals surface area contributed by atoms with Gasteiger partial charge in [0.2, 0.25) is 11.8 Å². The summed E-state index contributed by atoms with van der Waals surface area (Å²) >= 11 is 0. The van der Waals surface area contributed by atoms with Gasteiger partial charge in [-0.2, -0.15) is 4.98 Å². The number of aromatic nitrogens is 2. The largest absolute Gasteiger partial charge is 0.341 e. The van der Waals surface area contributed by atoms with Gasteiger partial charge in [0, 0.05) is 24.9 Å². The molecular weight excluding hydrogens is 321 g/mol. The van der Waals surface area contributed by atoms with Crippen LogP contribution in [0.3, 0.4) is 0 Å². The first kappa shape index (κ1) is 17.6. The van der Waals surface area contributed by atoms with Crippen LogP contribution in [0.5, 0.6) is 0 Å². The van der Waals surface area contributed by atoms with Crippen LogP contribution in [-0.4, -0.2) is 34.0 Å². The van der Waals surface area contributed by atoms with Crippen LogP contribution in [0.2, 0.25) is 0 Å². The van der Waals surface area contributed by atoms with E-state index in [9.17, 15) is 9.18 Å². The molecule has 5 nitrogen and oxygen atoms in total. The van der Waals surface area contributed by atoms with Crippen LogP contribution in [0, 0.1) is 11.2 Å². The molecule has 0 radical (unpaired) electrons. The van der Waals surface area contributed by atoms with Crippen LogP contribution in [0.15, 0.2) is 28.8 Å². The van der Waals surface area contributed by atoms with E-state index in [2.05, 4.69) is 10.1 Å². The van der Waals surface area contributed by atoms with Gasteiger partial charge in [0.15, 0.2) is 5.82 Å². The molecule has 0 N–H and O–H groups in total. The summed E-state index contributed by atoms with van der Waals surface area (Å²) in [6.45, 7) is 7.18. The van der Waals surface area contributed by atoms with Crippen molar-refractivity contribution in [2.24, 2.45) is 5.41 Å². The number of piperidine rings is 1. The SMILES string of the molecule is CC(C)(C)C(=O)N1CCC[C@@H](c2nc(Cc3cccc(F)c3)no2)C1. The second-order valence-electron chi connectivity index (χ2n) is 7.70. The Balaban J connectivity index is 1.68. The normalized spacial score (nSPS) is 18.4. The number of rotatable bonds is 3. The van der Waals surface area contributed by atoms with Crippen molar-refractivity contribution in [1.29, 1.82) is 0 Å². The molecular formula is C19H24FN3O2. The van der Waals surface area contributed by atoms with Crippen LogP contribution in [-0.2, 0) is 11.2 Å². The van der Waals surface area contributed by atoms with Crippen LogP contribution < -0.4 is 0 Å². The molecule has 0 saturated carbocycles. The Labute approximate surface area is 147 Å². The lowest BCUT2D eigenvalue weighted by Gasteiger charge is -2.35. The number of hydrogen-bond donors (Lipinski definition) is 0. The van der Waals surface area contributed by atoms with E-state index in [4.69, 9.17) is 4.52 Å². The number of benzene rings is 1. The van der Waals surface area contributed by atoms with Gasteiger partial charge in [-0.1, -0.05) is 38.1 Å². The quantitative estimate of drug-likeness (QED) is 0.853. The zero-order valence-corrected chi connectivity index (χ0v) is 15.0. The maximum atomic E-state index is 13.3. The zero-order chi connectivity index (χ0) is 18.0. The van der Waals surface area contributed by atoms with Crippen molar-refractivity contribution in [3.63, 3.8) is 0 Å². The molecule has 1 saturated heterocycles. The minimum atomic E-state index is -0.390. The maximum Gasteiger partial charge on any atom is 0.231 e. The maximum absolute atomic E-state index is 13.3. The highest BCUT2D eigenvalue weighted by molar-refractivity contribution is 5.81. The molecule has 1 aromatic heterocycles. The predicted molar refractivity (Wildman–Crippen MR) is 91.5 cm³/mol. The van der Waals surface area contributed by atoms with Crippen molar-refractivity contribution in [3.8, 4) is 0 Å². The molecule has 1 aliphatic rings. The first-order valence-electron chi connectivity index (χ1n) is 8.69. The molecule has 0 unspecified atom stereocenters. The van der Waals surface area contributed by atoms with E-state index in [1.807, 2.05) is 31.7 Å². The topological polar surface area (TPSA) is 59.2 Å². The number of carbonyl (C=O) groups excluding carboxylic acids is 1. The van der Waals surface area contributed by atoms with Gasteiger partial charge in [0.05, 0.1) is 5.92 Å². The molecule has 3 rings (SSSR count). The summed E-state index contributed by atoms with van der Waals surface area (Å²) in [5.74, 6) is 1.05. The van der Waals surface area contributed by atoms with Crippen molar-refractivity contribution in [1.82, 2.24) is 15.0 Å². The monoisotopic (exact) mass is 345 g/mol. The van der Waals surface area contributed by atoms with Crippen molar-refractivity contribution in [3.05, 3.63) is 47.4 Å². The second-order valence-corrected chi connectivity index (χ2v) is 7.70. The van der Waals surface area contributed by atoms with Gasteiger partial charge in [-0.15, -0.1) is 0 Å². The van der Waals surface area contributed by atoms with Crippen LogP contribution in [0.4, 0.5) is 4.39 Å². The molecule has 0 aliphatic carbocycles. The van der Waals surface area contributed by atoms with Gasteiger partial charge < -0.3 is 9.42 Å². The third kappa shape index (κ3) is 4.24. The number of halogens is 1. The Morgan fingerprint density at radius 2 is 2.20 bits per heavy atom. The minimum Gasteiger partial charge on any atom is -0.341 e. The van der Waals surface area contributed by atoms with E-state index >= 15 is 0 Å². The molecule has 1 amide bonds. The Hall–Kier alpha value is -2.24. The van der Waals surface area contributed by atoms with Gasteiger partial charge in [-0.25, -0.2) is 4.39 Å². The Morgan fingerprint density at radius 1 is 1.40 bits per heavy atom. The third-order valence-electron chi connectivity index (χ3n) is 4.43. The molecule has 25 heavy (non-hydrogen) atoms. The first-order valence-corrected chi connectivity index (χ1v) is 8.69. The Kier molecular flexibility index (Phi) is 4.88. The molecule has 2 heterocycles. The summed E-state index contributed by atoms with van der Waals surface area (Å²) in [6, 6.07) is 6.39. The first-order chi connectivity index (χ1) is 11.8. The van der Waals surface area contributed by atoms with Crippen molar-refractivity contribution in [2.45, 2.75) is 46.0 Å². The Bertz CT molecular complexity index is 751. The number of carbonyl (C=O) groups is 1. The third-order valence-corrected chi connectivity index (χ3v) is 4.43. The van der Waals surface area contributed by atoms with Crippen LogP contribution in [0.1, 0.15) is 56.8 Å². The van der Waals surface area contributed by atoms with Crippen molar-refractivity contribution >= 4 is 5.91 Å². The van der Waals surface area contributed by atoms with Gasteiger partial charge in [-0.3, -0.25) is 4.79 Å². The molecule has 1 aromatic carbocycles. The highest BCUT2D eigenvalue weighted by Gasteiger charge is 2.33. The van der Waals surface area contributed by atoms with E-state index < -0.39 is 0 Å². The molecule has 6 heteroatoms. The lowest BCUT2D eigenvalue weighted by molar-refractivity contribution is -0.140. The summed E-state index contributed by atoms with van der Waals surface area (Å²) in [7, 11) is 0. The average Bonchev–Trinajstić information content (AvgIpc) is 3.02. The van der Waals surface area contributed by atoms with E-state index in [1.54, 1.807) is 6.07 Å². The number of hydrogen-bond acceptors (Lipinski definition) is 4. The van der Waals surface area contributed by atoms with E-state index in [1.165, 1.54) is 12.1 Å². The fourth-order valence-corrected chi connectivity index (χ4v) is 3.17. The Morgan fingerprint density at radius 3 is 2.92 bits per heavy atom. The molecule has 2 aromatic rings. The number of amides is 1. The summed E-state index contributed by atoms with van der Waals surface area (Å²) in [6.07, 6.45) is 2.28. The minimum absolute atomic E-state index is 0.0637. The second kappa shape index (κ2) is 6.94. The van der Waals surface area contributed by atoms with Gasteiger partial charge in [0.25, 0.3) is 0 Å². The van der Waals surface area contributed by atoms with Crippen LogP contribution >= 0.6 is 0 Å². The van der Waals surface area contributed by atoms with Gasteiger partial charge in [0.1, 0.15) is 5.82 Å². The molecule has 1 fully saturated rings. The van der Waals surface area contributed by atoms with Crippen molar-refractivity contribution in [2.75, 3.05) is 13.1 Å². The van der Waals surface area contributed by atoms with E-state index in [-0.39, 0.29) is 23.1 Å². The molecule has 1 aliphatic heterocycles. The highest BCUT2D eigenvalue weighted by Crippen LogP contribution is 2.29. The van der Waals surface area contributed by atoms with Gasteiger partial charge >= 0.3 is 0 Å². The fourth-order valence-electron chi connectivity index (χ4n) is 3.17. The highest BCUT2D eigenvalue weighted by atomic mass is 19.1. The van der Waals surface area contributed by atoms with Gasteiger partial charge in [-0.05, 0) is 30.5 Å². The van der Waals surface area contributed by atoms with E-state index in [0.717, 1.165) is 24.9 Å². The molecule has 0 spiro atoms. The predicted octanol–water partition coefficient (Wildman–Crippen LogP) is 3.55. The zero-order valence-electron chi connectivity index (χ0n) is 15.0. The lowest BCUT2D eigenvalue weighted by atomic mass is 9.91. The van der Waals surface area contributed by atoms with Crippen molar-refractivity contribution < 1.29 is 13.7 Å². The standard InChI is InChI=1S/C19H24FN3O2/c1-19(2,3)18(24)23-9-5-7-14(12-23)17-21-16(22-25-17)11-13-6-4-8-15(20)10-13/h4,6,8,10,14H,5,7,9,11-12H2,1-3H3/t14-/m1/s1. The summed E-state index contributed by atoms with van der Waals surface area (Å²) in [5, 5.41) is 4.02. The smallest absolute Gasteiger partial charge is 0.231 e. The van der Waals surface area contributed by atoms with E-state index in [0.29, 0.717) is 24.7 Å². The van der Waals surface area contributed by atoms with Crippen LogP contribution in [0.25, 0.3) is 0 Å².